The van der Waals surface area contributed by atoms with Gasteiger partial charge in [0, 0.05) is 17.1 Å². The first-order chi connectivity index (χ1) is 14.6. The molecule has 1 fully saturated rings. The van der Waals surface area contributed by atoms with E-state index in [1.807, 2.05) is 24.3 Å². The van der Waals surface area contributed by atoms with Gasteiger partial charge in [0.1, 0.15) is 0 Å². The maximum atomic E-state index is 12.4. The molecular formula is C22H24ClN3O4. The van der Waals surface area contributed by atoms with Crippen molar-refractivity contribution in [3.05, 3.63) is 58.6 Å². The Morgan fingerprint density at radius 2 is 1.80 bits per heavy atom. The van der Waals surface area contributed by atoms with Crippen LogP contribution in [0.3, 0.4) is 0 Å². The molecule has 8 heteroatoms. The number of nitrogens with zero attached hydrogens (tertiary/aromatic N) is 1. The highest BCUT2D eigenvalue weighted by Gasteiger charge is 2.25. The van der Waals surface area contributed by atoms with Crippen LogP contribution in [0.25, 0.3) is 0 Å². The van der Waals surface area contributed by atoms with Crippen molar-refractivity contribution in [2.24, 2.45) is 0 Å². The summed E-state index contributed by atoms with van der Waals surface area (Å²) in [7, 11) is 0. The summed E-state index contributed by atoms with van der Waals surface area (Å²) in [5.41, 5.74) is 1.42. The molecule has 0 aliphatic carbocycles. The lowest BCUT2D eigenvalue weighted by Crippen LogP contribution is -2.41. The van der Waals surface area contributed by atoms with Crippen LogP contribution in [0.15, 0.2) is 42.5 Å². The summed E-state index contributed by atoms with van der Waals surface area (Å²) < 4.78 is 10.5. The zero-order valence-corrected chi connectivity index (χ0v) is 17.3. The largest absolute Gasteiger partial charge is 0.454 e. The standard InChI is InChI=1S/C22H24ClN3O4/c23-17-6-2-1-5-16(17)18(26-9-3-4-10-26)12-24-21(27)13-25-22(28)15-7-8-19-20(11-15)30-14-29-19/h1-2,5-8,11,18H,3-4,9-10,12-14H2,(H,24,27)(H,25,28). The second-order valence-corrected chi connectivity index (χ2v) is 7.74. The molecule has 0 radical (unpaired) electrons. The molecule has 2 N–H and O–H groups in total. The quantitative estimate of drug-likeness (QED) is 0.707. The third kappa shape index (κ3) is 4.68. The van der Waals surface area contributed by atoms with Crippen molar-refractivity contribution in [3.63, 3.8) is 0 Å². The number of hydrogen-bond acceptors (Lipinski definition) is 5. The van der Waals surface area contributed by atoms with Crippen LogP contribution in [0.2, 0.25) is 5.02 Å². The number of nitrogens with one attached hydrogen (secondary N) is 2. The first kappa shape index (κ1) is 20.5. The number of rotatable bonds is 7. The molecule has 4 rings (SSSR count). The number of likely N-dealkylation sites (tertiary alicyclic amines) is 1. The van der Waals surface area contributed by atoms with E-state index in [1.54, 1.807) is 18.2 Å². The second-order valence-electron chi connectivity index (χ2n) is 7.34. The van der Waals surface area contributed by atoms with Gasteiger partial charge in [-0.25, -0.2) is 0 Å². The van der Waals surface area contributed by atoms with E-state index in [0.29, 0.717) is 28.6 Å². The number of amides is 2. The molecule has 2 heterocycles. The number of halogens is 1. The first-order valence-electron chi connectivity index (χ1n) is 10.0. The number of ether oxygens (including phenoxy) is 2. The fourth-order valence-electron chi connectivity index (χ4n) is 3.81. The molecule has 0 saturated carbocycles. The minimum Gasteiger partial charge on any atom is -0.454 e. The topological polar surface area (TPSA) is 79.9 Å². The molecule has 2 aromatic carbocycles. The zero-order chi connectivity index (χ0) is 20.9. The van der Waals surface area contributed by atoms with Crippen LogP contribution in [0.5, 0.6) is 11.5 Å². The monoisotopic (exact) mass is 429 g/mol. The predicted octanol–water partition coefficient (Wildman–Crippen LogP) is 2.75. The summed E-state index contributed by atoms with van der Waals surface area (Å²) in [5.74, 6) is 0.545. The van der Waals surface area contributed by atoms with Gasteiger partial charge >= 0.3 is 0 Å². The van der Waals surface area contributed by atoms with Gasteiger partial charge in [0.15, 0.2) is 11.5 Å². The summed E-state index contributed by atoms with van der Waals surface area (Å²) in [6.45, 7) is 2.43. The molecule has 7 nitrogen and oxygen atoms in total. The minimum absolute atomic E-state index is 0.00899. The van der Waals surface area contributed by atoms with Crippen LogP contribution in [0.4, 0.5) is 0 Å². The molecule has 1 unspecified atom stereocenters. The van der Waals surface area contributed by atoms with Crippen molar-refractivity contribution in [1.82, 2.24) is 15.5 Å². The maximum absolute atomic E-state index is 12.4. The smallest absolute Gasteiger partial charge is 0.251 e. The van der Waals surface area contributed by atoms with Crippen LogP contribution in [-0.4, -0.2) is 49.7 Å². The molecule has 1 saturated heterocycles. The van der Waals surface area contributed by atoms with E-state index < -0.39 is 0 Å². The van der Waals surface area contributed by atoms with Crippen molar-refractivity contribution in [2.45, 2.75) is 18.9 Å². The van der Waals surface area contributed by atoms with Gasteiger partial charge < -0.3 is 20.1 Å². The Bertz CT molecular complexity index is 930. The number of benzene rings is 2. The Hall–Kier alpha value is -2.77. The fraction of sp³-hybridized carbons (Fsp3) is 0.364. The fourth-order valence-corrected chi connectivity index (χ4v) is 4.07. The third-order valence-electron chi connectivity index (χ3n) is 5.38. The predicted molar refractivity (Wildman–Crippen MR) is 113 cm³/mol. The molecule has 0 bridgehead atoms. The zero-order valence-electron chi connectivity index (χ0n) is 16.5. The van der Waals surface area contributed by atoms with E-state index in [0.717, 1.165) is 31.5 Å². The molecule has 0 spiro atoms. The van der Waals surface area contributed by atoms with E-state index in [4.69, 9.17) is 21.1 Å². The van der Waals surface area contributed by atoms with Gasteiger partial charge in [-0.15, -0.1) is 0 Å². The van der Waals surface area contributed by atoms with Crippen LogP contribution in [0, 0.1) is 0 Å². The molecule has 1 atom stereocenters. The van der Waals surface area contributed by atoms with Crippen molar-refractivity contribution in [3.8, 4) is 11.5 Å². The van der Waals surface area contributed by atoms with Crippen LogP contribution >= 0.6 is 11.6 Å². The average Bonchev–Trinajstić information content (AvgIpc) is 3.45. The lowest BCUT2D eigenvalue weighted by Gasteiger charge is -2.29. The summed E-state index contributed by atoms with van der Waals surface area (Å²) in [6, 6.07) is 12.7. The van der Waals surface area contributed by atoms with Crippen LogP contribution in [-0.2, 0) is 4.79 Å². The van der Waals surface area contributed by atoms with E-state index in [2.05, 4.69) is 15.5 Å². The Kier molecular flexibility index (Phi) is 6.40. The normalized spacial score (nSPS) is 16.3. The molecule has 0 aromatic heterocycles. The van der Waals surface area contributed by atoms with Gasteiger partial charge in [-0.2, -0.15) is 0 Å². The van der Waals surface area contributed by atoms with Gasteiger partial charge in [-0.05, 0) is 55.8 Å². The summed E-state index contributed by atoms with van der Waals surface area (Å²) in [5, 5.41) is 6.28. The first-order valence-corrected chi connectivity index (χ1v) is 10.4. The molecule has 2 aliphatic heterocycles. The van der Waals surface area contributed by atoms with Crippen LogP contribution in [0.1, 0.15) is 34.8 Å². The summed E-state index contributed by atoms with van der Waals surface area (Å²) in [4.78, 5) is 27.1. The number of fused-ring (bicyclic) bond motifs is 1. The molecule has 2 aromatic rings. The maximum Gasteiger partial charge on any atom is 0.251 e. The minimum atomic E-state index is -0.342. The van der Waals surface area contributed by atoms with Crippen LogP contribution < -0.4 is 20.1 Å². The number of hydrogen-bond donors (Lipinski definition) is 2. The van der Waals surface area contributed by atoms with Crippen molar-refractivity contribution < 1.29 is 19.1 Å². The van der Waals surface area contributed by atoms with Crippen molar-refractivity contribution in [2.75, 3.05) is 33.0 Å². The van der Waals surface area contributed by atoms with Crippen molar-refractivity contribution >= 4 is 23.4 Å². The molecule has 158 valence electrons. The Labute approximate surface area is 180 Å². The summed E-state index contributed by atoms with van der Waals surface area (Å²) in [6.07, 6.45) is 2.28. The van der Waals surface area contributed by atoms with Gasteiger partial charge in [-0.1, -0.05) is 29.8 Å². The van der Waals surface area contributed by atoms with Gasteiger partial charge in [-0.3, -0.25) is 14.5 Å². The Balaban J connectivity index is 1.32. The Morgan fingerprint density at radius 1 is 1.03 bits per heavy atom. The third-order valence-corrected chi connectivity index (χ3v) is 5.73. The highest BCUT2D eigenvalue weighted by molar-refractivity contribution is 6.31. The van der Waals surface area contributed by atoms with E-state index >= 15 is 0 Å². The summed E-state index contributed by atoms with van der Waals surface area (Å²) >= 11 is 6.41. The highest BCUT2D eigenvalue weighted by atomic mass is 35.5. The second kappa shape index (κ2) is 9.36. The SMILES string of the molecule is O=C(CNC(=O)c1ccc2c(c1)OCO2)NCC(c1ccccc1Cl)N1CCCC1. The Morgan fingerprint density at radius 3 is 2.60 bits per heavy atom. The number of carbonyl (C=O) groups excluding carboxylic acids is 2. The number of carbonyl (C=O) groups is 2. The van der Waals surface area contributed by atoms with Gasteiger partial charge in [0.2, 0.25) is 12.7 Å². The molecule has 2 amide bonds. The van der Waals surface area contributed by atoms with E-state index in [1.165, 1.54) is 0 Å². The van der Waals surface area contributed by atoms with Gasteiger partial charge in [0.05, 0.1) is 12.6 Å². The van der Waals surface area contributed by atoms with E-state index in [-0.39, 0.29) is 31.2 Å². The molecular weight excluding hydrogens is 406 g/mol. The van der Waals surface area contributed by atoms with Crippen molar-refractivity contribution in [1.29, 1.82) is 0 Å². The lowest BCUT2D eigenvalue weighted by molar-refractivity contribution is -0.120. The highest BCUT2D eigenvalue weighted by Crippen LogP contribution is 2.32. The average molecular weight is 430 g/mol. The lowest BCUT2D eigenvalue weighted by atomic mass is 10.1. The van der Waals surface area contributed by atoms with Gasteiger partial charge in [0.25, 0.3) is 5.91 Å². The van der Waals surface area contributed by atoms with E-state index in [9.17, 15) is 9.59 Å². The molecule has 30 heavy (non-hydrogen) atoms. The molecule has 2 aliphatic rings.